The van der Waals surface area contributed by atoms with Crippen molar-refractivity contribution in [2.75, 3.05) is 0 Å². The Morgan fingerprint density at radius 2 is 1.08 bits per heavy atom. The zero-order chi connectivity index (χ0) is 47.7. The van der Waals surface area contributed by atoms with E-state index in [1.54, 1.807) is 0 Å². The molecule has 15 rings (SSSR count). The summed E-state index contributed by atoms with van der Waals surface area (Å²) in [5.41, 5.74) is 21.4. The van der Waals surface area contributed by atoms with Gasteiger partial charge in [-0.25, -0.2) is 9.97 Å². The Balaban J connectivity index is 0.869. The van der Waals surface area contributed by atoms with Gasteiger partial charge in [-0.1, -0.05) is 153 Å². The number of hydrogen-bond acceptors (Lipinski definition) is 3. The fourth-order valence-corrected chi connectivity index (χ4v) is 12.0. The Morgan fingerprint density at radius 3 is 1.88 bits per heavy atom. The van der Waals surface area contributed by atoms with Gasteiger partial charge in [0.25, 0.3) is 0 Å². The van der Waals surface area contributed by atoms with Crippen LogP contribution in [0.15, 0.2) is 223 Å². The monoisotopic (exact) mass is 922 g/mol. The van der Waals surface area contributed by atoms with Crippen LogP contribution in [0.1, 0.15) is 37.8 Å². The molecule has 9 aromatic carbocycles. The van der Waals surface area contributed by atoms with E-state index < -0.39 is 0 Å². The number of fused-ring (bicyclic) bond motifs is 12. The summed E-state index contributed by atoms with van der Waals surface area (Å²) >= 11 is 0. The van der Waals surface area contributed by atoms with Crippen molar-refractivity contribution in [1.29, 1.82) is 0 Å². The first kappa shape index (κ1) is 40.8. The highest BCUT2D eigenvalue weighted by atomic mass is 16.3. The molecule has 72 heavy (non-hydrogen) atoms. The van der Waals surface area contributed by atoms with E-state index in [1.807, 2.05) is 12.1 Å². The largest absolute Gasteiger partial charge is 0.456 e. The minimum atomic E-state index is -0.0823. The van der Waals surface area contributed by atoms with Crippen molar-refractivity contribution in [2.24, 2.45) is 0 Å². The maximum absolute atomic E-state index is 6.78. The summed E-state index contributed by atoms with van der Waals surface area (Å²) < 4.78 is 11.7. The number of benzene rings is 9. The minimum Gasteiger partial charge on any atom is -0.456 e. The molecule has 2 aliphatic carbocycles. The summed E-state index contributed by atoms with van der Waals surface area (Å²) in [5.74, 6) is 0.676. The van der Waals surface area contributed by atoms with Crippen molar-refractivity contribution in [3.8, 4) is 61.8 Å². The molecule has 0 radical (unpaired) electrons. The lowest BCUT2D eigenvalue weighted by Crippen LogP contribution is -2.15. The molecule has 0 amide bonds. The van der Waals surface area contributed by atoms with Crippen LogP contribution < -0.4 is 0 Å². The highest BCUT2D eigenvalue weighted by Crippen LogP contribution is 2.51. The second-order valence-corrected chi connectivity index (χ2v) is 20.1. The number of nitrogens with zero attached hydrogens (tertiary/aromatic N) is 4. The highest BCUT2D eigenvalue weighted by molar-refractivity contribution is 6.18. The number of hydrogen-bond donors (Lipinski definition) is 0. The molecule has 340 valence electrons. The highest BCUT2D eigenvalue weighted by Gasteiger charge is 2.36. The van der Waals surface area contributed by atoms with Crippen molar-refractivity contribution in [1.82, 2.24) is 19.1 Å². The molecule has 0 saturated heterocycles. The zero-order valence-electron chi connectivity index (χ0n) is 39.9. The van der Waals surface area contributed by atoms with Gasteiger partial charge >= 0.3 is 0 Å². The zero-order valence-corrected chi connectivity index (χ0v) is 39.9. The Bertz CT molecular complexity index is 4410. The molecule has 13 aromatic rings. The first-order valence-electron chi connectivity index (χ1n) is 25.0. The lowest BCUT2D eigenvalue weighted by atomic mass is 9.82. The average molecular weight is 923 g/mol. The van der Waals surface area contributed by atoms with E-state index in [1.165, 1.54) is 66.1 Å². The second kappa shape index (κ2) is 15.5. The summed E-state index contributed by atoms with van der Waals surface area (Å²) in [6.07, 6.45) is 8.84. The Labute approximate surface area is 416 Å². The molecule has 0 unspecified atom stereocenters. The predicted octanol–water partition coefficient (Wildman–Crippen LogP) is 17.7. The van der Waals surface area contributed by atoms with Crippen LogP contribution in [0, 0.1) is 0 Å². The molecule has 5 nitrogen and oxygen atoms in total. The van der Waals surface area contributed by atoms with Crippen LogP contribution in [0.2, 0.25) is 0 Å². The third-order valence-corrected chi connectivity index (χ3v) is 15.6. The van der Waals surface area contributed by atoms with E-state index in [-0.39, 0.29) is 5.41 Å². The van der Waals surface area contributed by atoms with Crippen LogP contribution >= 0.6 is 0 Å². The number of para-hydroxylation sites is 1. The molecule has 0 fully saturated rings. The molecular weight excluding hydrogens is 877 g/mol. The molecule has 4 aromatic heterocycles. The molecule has 5 heteroatoms. The van der Waals surface area contributed by atoms with E-state index in [2.05, 4.69) is 229 Å². The summed E-state index contributed by atoms with van der Waals surface area (Å²) in [7, 11) is 0. The van der Waals surface area contributed by atoms with Gasteiger partial charge in [-0.3, -0.25) is 0 Å². The normalized spacial score (nSPS) is 14.0. The smallest absolute Gasteiger partial charge is 0.160 e. The van der Waals surface area contributed by atoms with Crippen molar-refractivity contribution >= 4 is 71.2 Å². The SMILES string of the molecule is CC1(C)c2ccccc2-c2cc3c4cc(-c5ccc6oc7cc8c(cc7c6c5)c5ccccc5n8-c5cccc(-c6nc(-c7ccccc7)cc(-c7ccccc7)n6)c5)ccc4n(C4=CC=CCC4)c3cc21. The van der Waals surface area contributed by atoms with Crippen molar-refractivity contribution < 1.29 is 4.42 Å². The topological polar surface area (TPSA) is 48.8 Å². The van der Waals surface area contributed by atoms with E-state index in [9.17, 15) is 0 Å². The molecule has 4 heterocycles. The fraction of sp³-hybridized carbons (Fsp3) is 0.0746. The van der Waals surface area contributed by atoms with Gasteiger partial charge in [-0.05, 0) is 119 Å². The summed E-state index contributed by atoms with van der Waals surface area (Å²) in [4.78, 5) is 10.3. The van der Waals surface area contributed by atoms with Crippen molar-refractivity contribution in [2.45, 2.75) is 32.1 Å². The quantitative estimate of drug-likeness (QED) is 0.167. The first-order valence-corrected chi connectivity index (χ1v) is 25.0. The fourth-order valence-electron chi connectivity index (χ4n) is 12.0. The number of aromatic nitrogens is 4. The van der Waals surface area contributed by atoms with Crippen LogP contribution in [-0.4, -0.2) is 19.1 Å². The van der Waals surface area contributed by atoms with Gasteiger partial charge in [0.05, 0.1) is 33.5 Å². The maximum atomic E-state index is 6.78. The van der Waals surface area contributed by atoms with Gasteiger partial charge in [0, 0.05) is 71.9 Å². The molecule has 0 bridgehead atoms. The van der Waals surface area contributed by atoms with Gasteiger partial charge in [-0.15, -0.1) is 0 Å². The Hall–Kier alpha value is -9.06. The molecule has 0 atom stereocenters. The molecule has 2 aliphatic rings. The van der Waals surface area contributed by atoms with Crippen LogP contribution in [0.4, 0.5) is 0 Å². The van der Waals surface area contributed by atoms with Gasteiger partial charge < -0.3 is 13.6 Å². The molecule has 0 saturated carbocycles. The van der Waals surface area contributed by atoms with E-state index in [4.69, 9.17) is 14.4 Å². The van der Waals surface area contributed by atoms with E-state index in [0.717, 1.165) is 85.1 Å². The van der Waals surface area contributed by atoms with Crippen LogP contribution in [-0.2, 0) is 5.41 Å². The third kappa shape index (κ3) is 6.13. The number of allylic oxidation sites excluding steroid dienone is 4. The first-order chi connectivity index (χ1) is 35.4. The van der Waals surface area contributed by atoms with Crippen LogP contribution in [0.5, 0.6) is 0 Å². The second-order valence-electron chi connectivity index (χ2n) is 20.1. The van der Waals surface area contributed by atoms with Crippen LogP contribution in [0.25, 0.3) is 133 Å². The average Bonchev–Trinajstić information content (AvgIpc) is 4.14. The van der Waals surface area contributed by atoms with Gasteiger partial charge in [-0.2, -0.15) is 0 Å². The molecular formula is C67H46N4O. The number of rotatable bonds is 6. The Morgan fingerprint density at radius 1 is 0.431 bits per heavy atom. The standard InChI is InChI=1S/C67H46N4O/c1-67(2)56-27-14-12-25-48(56)50-36-53-51-34-43(29-31-61(51)70(62(53)38-57(50)67)46-22-10-5-11-23-46)44-30-32-64-54(35-44)55-37-52-49-26-13-15-28-60(49)71(63(52)40-65(55)72-64)47-24-16-21-45(33-47)66-68-58(41-17-6-3-7-18-41)39-59(69-66)42-19-8-4-9-20-42/h3-10,12-22,24-40H,11,23H2,1-2H3. The maximum Gasteiger partial charge on any atom is 0.160 e. The molecule has 0 spiro atoms. The van der Waals surface area contributed by atoms with Gasteiger partial charge in [0.1, 0.15) is 11.2 Å². The summed E-state index contributed by atoms with van der Waals surface area (Å²) in [6, 6.07) is 72.3. The summed E-state index contributed by atoms with van der Waals surface area (Å²) in [6.45, 7) is 4.75. The lowest BCUT2D eigenvalue weighted by molar-refractivity contribution is 0.661. The number of furan rings is 1. The van der Waals surface area contributed by atoms with E-state index >= 15 is 0 Å². The minimum absolute atomic E-state index is 0.0823. The molecule has 0 aliphatic heterocycles. The van der Waals surface area contributed by atoms with Gasteiger partial charge in [0.15, 0.2) is 5.82 Å². The van der Waals surface area contributed by atoms with Crippen molar-refractivity contribution in [3.63, 3.8) is 0 Å². The third-order valence-electron chi connectivity index (χ3n) is 15.6. The summed E-state index contributed by atoms with van der Waals surface area (Å²) in [5, 5.41) is 7.11. The lowest BCUT2D eigenvalue weighted by Gasteiger charge is -2.22. The molecule has 0 N–H and O–H groups in total. The van der Waals surface area contributed by atoms with Gasteiger partial charge in [0.2, 0.25) is 0 Å². The Kier molecular flexibility index (Phi) is 8.76. The van der Waals surface area contributed by atoms with E-state index in [0.29, 0.717) is 5.82 Å². The van der Waals surface area contributed by atoms with Crippen LogP contribution in [0.3, 0.4) is 0 Å². The van der Waals surface area contributed by atoms with Crippen molar-refractivity contribution in [3.05, 3.63) is 230 Å². The predicted molar refractivity (Wildman–Crippen MR) is 299 cm³/mol.